The van der Waals surface area contributed by atoms with E-state index in [1.807, 2.05) is 6.92 Å². The Morgan fingerprint density at radius 2 is 2.00 bits per heavy atom. The summed E-state index contributed by atoms with van der Waals surface area (Å²) in [7, 11) is 0. The van der Waals surface area contributed by atoms with Gasteiger partial charge in [-0.25, -0.2) is 8.78 Å². The van der Waals surface area contributed by atoms with Gasteiger partial charge in [-0.2, -0.15) is 0 Å². The number of hydrogen-bond donors (Lipinski definition) is 1. The van der Waals surface area contributed by atoms with Gasteiger partial charge in [0.2, 0.25) is 0 Å². The predicted molar refractivity (Wildman–Crippen MR) is 82.2 cm³/mol. The SMILES string of the molecule is CCCC1(C(=O)Cc2c(F)ccc(Br)c2F)CCNCC1. The van der Waals surface area contributed by atoms with Gasteiger partial charge >= 0.3 is 0 Å². The van der Waals surface area contributed by atoms with Crippen molar-refractivity contribution >= 4 is 21.7 Å². The molecule has 2 rings (SSSR count). The topological polar surface area (TPSA) is 29.1 Å². The standard InChI is InChI=1S/C16H20BrF2NO/c1-2-5-16(6-8-20-9-7-16)14(21)10-11-13(18)4-3-12(17)15(11)19/h3-4,20H,2,5-10H2,1H3. The molecule has 2 nitrogen and oxygen atoms in total. The summed E-state index contributed by atoms with van der Waals surface area (Å²) < 4.78 is 28.1. The fourth-order valence-electron chi connectivity index (χ4n) is 3.13. The maximum Gasteiger partial charge on any atom is 0.143 e. The van der Waals surface area contributed by atoms with Crippen molar-refractivity contribution in [2.45, 2.75) is 39.0 Å². The summed E-state index contributed by atoms with van der Waals surface area (Å²) >= 11 is 3.05. The first-order chi connectivity index (χ1) is 10.00. The first-order valence-corrected chi connectivity index (χ1v) is 8.16. The molecule has 1 saturated heterocycles. The lowest BCUT2D eigenvalue weighted by Crippen LogP contribution is -2.43. The van der Waals surface area contributed by atoms with E-state index in [9.17, 15) is 13.6 Å². The molecule has 21 heavy (non-hydrogen) atoms. The third kappa shape index (κ3) is 3.51. The molecule has 1 heterocycles. The maximum absolute atomic E-state index is 14.0. The van der Waals surface area contributed by atoms with Crippen molar-refractivity contribution in [2.24, 2.45) is 5.41 Å². The molecule has 1 N–H and O–H groups in total. The molecular formula is C16H20BrF2NO. The van der Waals surface area contributed by atoms with Gasteiger partial charge in [0, 0.05) is 17.4 Å². The minimum absolute atomic E-state index is 0.0400. The van der Waals surface area contributed by atoms with Crippen molar-refractivity contribution < 1.29 is 13.6 Å². The number of ketones is 1. The number of carbonyl (C=O) groups excluding carboxylic acids is 1. The molecule has 0 amide bonds. The fourth-order valence-corrected chi connectivity index (χ4v) is 3.50. The van der Waals surface area contributed by atoms with E-state index in [2.05, 4.69) is 21.2 Å². The van der Waals surface area contributed by atoms with Crippen molar-refractivity contribution in [2.75, 3.05) is 13.1 Å². The van der Waals surface area contributed by atoms with Crippen LogP contribution in [-0.4, -0.2) is 18.9 Å². The number of piperidine rings is 1. The molecule has 1 aromatic carbocycles. The van der Waals surface area contributed by atoms with E-state index in [-0.39, 0.29) is 22.2 Å². The summed E-state index contributed by atoms with van der Waals surface area (Å²) in [5, 5.41) is 3.24. The normalized spacial score (nSPS) is 17.7. The third-order valence-corrected chi connectivity index (χ3v) is 4.97. The van der Waals surface area contributed by atoms with Crippen LogP contribution in [-0.2, 0) is 11.2 Å². The van der Waals surface area contributed by atoms with E-state index in [4.69, 9.17) is 0 Å². The Hall–Kier alpha value is -0.810. The van der Waals surface area contributed by atoms with Crippen molar-refractivity contribution in [3.8, 4) is 0 Å². The molecule has 0 spiro atoms. The van der Waals surface area contributed by atoms with Gasteiger partial charge in [0.1, 0.15) is 17.4 Å². The Kier molecular flexibility index (Phi) is 5.49. The number of Topliss-reactive ketones (excluding diaryl/α,β-unsaturated/α-hetero) is 1. The molecule has 1 aromatic rings. The Bertz CT molecular complexity index is 522. The fraction of sp³-hybridized carbons (Fsp3) is 0.562. The maximum atomic E-state index is 14.0. The quantitative estimate of drug-likeness (QED) is 0.804. The van der Waals surface area contributed by atoms with E-state index in [0.29, 0.717) is 0 Å². The van der Waals surface area contributed by atoms with Crippen LogP contribution in [0.15, 0.2) is 16.6 Å². The number of benzene rings is 1. The van der Waals surface area contributed by atoms with Gasteiger partial charge in [-0.05, 0) is 60.4 Å². The first-order valence-electron chi connectivity index (χ1n) is 7.36. The third-order valence-electron chi connectivity index (χ3n) is 4.36. The number of halogens is 3. The zero-order valence-corrected chi connectivity index (χ0v) is 13.7. The van der Waals surface area contributed by atoms with E-state index in [1.54, 1.807) is 0 Å². The second-order valence-electron chi connectivity index (χ2n) is 5.70. The Morgan fingerprint density at radius 3 is 2.62 bits per heavy atom. The van der Waals surface area contributed by atoms with Crippen LogP contribution >= 0.6 is 15.9 Å². The van der Waals surface area contributed by atoms with Crippen LogP contribution in [0.25, 0.3) is 0 Å². The summed E-state index contributed by atoms with van der Waals surface area (Å²) in [6, 6.07) is 2.52. The van der Waals surface area contributed by atoms with Crippen LogP contribution in [0.4, 0.5) is 8.78 Å². The molecule has 0 radical (unpaired) electrons. The highest BCUT2D eigenvalue weighted by molar-refractivity contribution is 9.10. The van der Waals surface area contributed by atoms with Crippen LogP contribution < -0.4 is 5.32 Å². The van der Waals surface area contributed by atoms with Crippen LogP contribution in [0.2, 0.25) is 0 Å². The molecular weight excluding hydrogens is 340 g/mol. The van der Waals surface area contributed by atoms with Crippen molar-refractivity contribution in [3.05, 3.63) is 33.8 Å². The smallest absolute Gasteiger partial charge is 0.143 e. The van der Waals surface area contributed by atoms with Gasteiger partial charge in [0.15, 0.2) is 0 Å². The van der Waals surface area contributed by atoms with Crippen molar-refractivity contribution in [1.29, 1.82) is 0 Å². The Balaban J connectivity index is 2.25. The molecule has 0 aromatic heterocycles. The van der Waals surface area contributed by atoms with Crippen LogP contribution in [0.3, 0.4) is 0 Å². The van der Waals surface area contributed by atoms with Gasteiger partial charge in [-0.3, -0.25) is 4.79 Å². The van der Waals surface area contributed by atoms with Gasteiger partial charge in [-0.15, -0.1) is 0 Å². The molecule has 0 atom stereocenters. The monoisotopic (exact) mass is 359 g/mol. The molecule has 0 bridgehead atoms. The summed E-state index contributed by atoms with van der Waals surface area (Å²) in [6.45, 7) is 3.61. The number of rotatable bonds is 5. The second-order valence-corrected chi connectivity index (χ2v) is 6.56. The zero-order valence-electron chi connectivity index (χ0n) is 12.1. The predicted octanol–water partition coefficient (Wildman–Crippen LogP) is 4.01. The van der Waals surface area contributed by atoms with Gasteiger partial charge < -0.3 is 5.32 Å². The number of nitrogens with one attached hydrogen (secondary N) is 1. The van der Waals surface area contributed by atoms with E-state index in [0.717, 1.165) is 38.8 Å². The summed E-state index contributed by atoms with van der Waals surface area (Å²) in [5.41, 5.74) is -0.551. The lowest BCUT2D eigenvalue weighted by molar-refractivity contribution is -0.130. The van der Waals surface area contributed by atoms with Gasteiger partial charge in [0.05, 0.1) is 4.47 Å². The molecule has 1 fully saturated rings. The number of hydrogen-bond acceptors (Lipinski definition) is 2. The molecule has 0 aliphatic carbocycles. The largest absolute Gasteiger partial charge is 0.317 e. The van der Waals surface area contributed by atoms with Crippen molar-refractivity contribution in [1.82, 2.24) is 5.32 Å². The minimum Gasteiger partial charge on any atom is -0.317 e. The molecule has 5 heteroatoms. The second kappa shape index (κ2) is 6.97. The lowest BCUT2D eigenvalue weighted by Gasteiger charge is -2.36. The van der Waals surface area contributed by atoms with Crippen LogP contribution in [0, 0.1) is 17.0 Å². The van der Waals surface area contributed by atoms with E-state index in [1.165, 1.54) is 12.1 Å². The Morgan fingerprint density at radius 1 is 1.33 bits per heavy atom. The summed E-state index contributed by atoms with van der Waals surface area (Å²) in [5.74, 6) is -1.35. The van der Waals surface area contributed by atoms with Crippen LogP contribution in [0.1, 0.15) is 38.2 Å². The average Bonchev–Trinajstić information content (AvgIpc) is 2.48. The Labute approximate surface area is 132 Å². The van der Waals surface area contributed by atoms with Crippen molar-refractivity contribution in [3.63, 3.8) is 0 Å². The zero-order chi connectivity index (χ0) is 15.5. The van der Waals surface area contributed by atoms with Gasteiger partial charge in [-0.1, -0.05) is 13.3 Å². The van der Waals surface area contributed by atoms with Crippen LogP contribution in [0.5, 0.6) is 0 Å². The lowest BCUT2D eigenvalue weighted by atomic mass is 9.70. The van der Waals surface area contributed by atoms with E-state index < -0.39 is 17.0 Å². The summed E-state index contributed by atoms with van der Waals surface area (Å²) in [4.78, 5) is 12.7. The molecule has 116 valence electrons. The molecule has 1 aliphatic heterocycles. The van der Waals surface area contributed by atoms with E-state index >= 15 is 0 Å². The first kappa shape index (κ1) is 16.6. The highest BCUT2D eigenvalue weighted by Gasteiger charge is 2.38. The molecule has 1 aliphatic rings. The summed E-state index contributed by atoms with van der Waals surface area (Å²) in [6.07, 6.45) is 3.00. The highest BCUT2D eigenvalue weighted by Crippen LogP contribution is 2.37. The number of carbonyl (C=O) groups is 1. The highest BCUT2D eigenvalue weighted by atomic mass is 79.9. The molecule has 0 saturated carbocycles. The van der Waals surface area contributed by atoms with Gasteiger partial charge in [0.25, 0.3) is 0 Å². The average molecular weight is 360 g/mol. The molecule has 0 unspecified atom stereocenters. The minimum atomic E-state index is -0.663.